The summed E-state index contributed by atoms with van der Waals surface area (Å²) in [5.74, 6) is 0. The van der Waals surface area contributed by atoms with Gasteiger partial charge in [0.25, 0.3) is 0 Å². The normalized spacial score (nSPS) is 23.8. The highest BCUT2D eigenvalue weighted by atomic mass is 79.9. The number of aliphatic hydroxyl groups excluding tert-OH is 1. The van der Waals surface area contributed by atoms with Crippen LogP contribution in [0.15, 0.2) is 21.5 Å². The van der Waals surface area contributed by atoms with E-state index in [2.05, 4.69) is 20.7 Å². The molecular weight excluding hydrogens is 368 g/mol. The van der Waals surface area contributed by atoms with E-state index >= 15 is 0 Å². The van der Waals surface area contributed by atoms with E-state index in [0.29, 0.717) is 12.8 Å². The first-order chi connectivity index (χ1) is 9.31. The van der Waals surface area contributed by atoms with Crippen molar-refractivity contribution in [2.75, 3.05) is 5.73 Å². The van der Waals surface area contributed by atoms with Crippen LogP contribution in [0.2, 0.25) is 5.02 Å². The van der Waals surface area contributed by atoms with Crippen LogP contribution in [0.25, 0.3) is 0 Å². The predicted molar refractivity (Wildman–Crippen MR) is 82.1 cm³/mol. The Kier molecular flexibility index (Phi) is 4.96. The number of hydrogen-bond donors (Lipinski definition) is 3. The van der Waals surface area contributed by atoms with Crippen molar-refractivity contribution in [2.45, 2.75) is 42.7 Å². The standard InChI is InChI=1S/C12H16BrClN2O3S/c13-12-8(15)5-7(14)6-11(12)20(18,19)16-9-3-1-2-4-10(9)17/h5-6,9-10,16-17H,1-4,15H2. The number of aliphatic hydroxyl groups is 1. The first-order valence-corrected chi connectivity index (χ1v) is 8.91. The van der Waals surface area contributed by atoms with Crippen LogP contribution in [0.4, 0.5) is 5.69 Å². The first kappa shape index (κ1) is 16.0. The van der Waals surface area contributed by atoms with Crippen molar-refractivity contribution in [3.05, 3.63) is 21.6 Å². The maximum absolute atomic E-state index is 12.4. The summed E-state index contributed by atoms with van der Waals surface area (Å²) in [6.07, 6.45) is 2.37. The van der Waals surface area contributed by atoms with Crippen LogP contribution in [-0.4, -0.2) is 25.7 Å². The Balaban J connectivity index is 2.31. The van der Waals surface area contributed by atoms with Crippen molar-refractivity contribution in [1.29, 1.82) is 0 Å². The number of nitrogen functional groups attached to an aromatic ring is 1. The van der Waals surface area contributed by atoms with Gasteiger partial charge in [-0.05, 0) is 40.9 Å². The lowest BCUT2D eigenvalue weighted by Crippen LogP contribution is -2.45. The Hall–Kier alpha value is -0.340. The summed E-state index contributed by atoms with van der Waals surface area (Å²) in [5, 5.41) is 10.1. The summed E-state index contributed by atoms with van der Waals surface area (Å²) in [6.45, 7) is 0. The fourth-order valence-electron chi connectivity index (χ4n) is 2.29. The second-order valence-corrected chi connectivity index (χ2v) is 7.80. The molecule has 5 nitrogen and oxygen atoms in total. The second-order valence-electron chi connectivity index (χ2n) is 4.89. The second kappa shape index (κ2) is 6.19. The zero-order chi connectivity index (χ0) is 14.9. The summed E-state index contributed by atoms with van der Waals surface area (Å²) in [7, 11) is -3.79. The molecule has 0 amide bonds. The average molecular weight is 384 g/mol. The van der Waals surface area contributed by atoms with Crippen LogP contribution in [-0.2, 0) is 10.0 Å². The Labute approximate surface area is 131 Å². The highest BCUT2D eigenvalue weighted by Gasteiger charge is 2.29. The van der Waals surface area contributed by atoms with Gasteiger partial charge in [0.2, 0.25) is 10.0 Å². The van der Waals surface area contributed by atoms with Gasteiger partial charge >= 0.3 is 0 Å². The lowest BCUT2D eigenvalue weighted by atomic mass is 9.93. The SMILES string of the molecule is Nc1cc(Cl)cc(S(=O)(=O)NC2CCCCC2O)c1Br. The third-order valence-corrected chi connectivity index (χ3v) is 6.24. The molecule has 8 heteroatoms. The fraction of sp³-hybridized carbons (Fsp3) is 0.500. The molecule has 0 spiro atoms. The molecule has 1 aromatic carbocycles. The van der Waals surface area contributed by atoms with Crippen LogP contribution < -0.4 is 10.5 Å². The van der Waals surface area contributed by atoms with Crippen LogP contribution in [0.5, 0.6) is 0 Å². The van der Waals surface area contributed by atoms with Gasteiger partial charge in [-0.3, -0.25) is 0 Å². The minimum atomic E-state index is -3.79. The number of hydrogen-bond acceptors (Lipinski definition) is 4. The summed E-state index contributed by atoms with van der Waals surface area (Å²) < 4.78 is 27.6. The molecule has 1 saturated carbocycles. The van der Waals surface area contributed by atoms with Crippen molar-refractivity contribution in [2.24, 2.45) is 0 Å². The summed E-state index contributed by atoms with van der Waals surface area (Å²) >= 11 is 9.02. The highest BCUT2D eigenvalue weighted by Crippen LogP contribution is 2.32. The molecule has 0 bridgehead atoms. The smallest absolute Gasteiger partial charge is 0.242 e. The maximum atomic E-state index is 12.4. The van der Waals surface area contributed by atoms with E-state index in [0.717, 1.165) is 12.8 Å². The molecule has 0 radical (unpaired) electrons. The number of halogens is 2. The molecule has 1 aromatic rings. The molecule has 1 fully saturated rings. The first-order valence-electron chi connectivity index (χ1n) is 6.26. The van der Waals surface area contributed by atoms with Crippen LogP contribution in [0, 0.1) is 0 Å². The van der Waals surface area contributed by atoms with Gasteiger partial charge in [-0.15, -0.1) is 0 Å². The number of rotatable bonds is 3. The van der Waals surface area contributed by atoms with E-state index in [1.54, 1.807) is 0 Å². The van der Waals surface area contributed by atoms with Gasteiger partial charge < -0.3 is 10.8 Å². The lowest BCUT2D eigenvalue weighted by molar-refractivity contribution is 0.101. The number of nitrogens with one attached hydrogen (secondary N) is 1. The van der Waals surface area contributed by atoms with Gasteiger partial charge in [0.1, 0.15) is 0 Å². The van der Waals surface area contributed by atoms with Gasteiger partial charge in [-0.1, -0.05) is 24.4 Å². The van der Waals surface area contributed by atoms with Crippen molar-refractivity contribution in [3.63, 3.8) is 0 Å². The van der Waals surface area contributed by atoms with E-state index in [-0.39, 0.29) is 20.1 Å². The number of sulfonamides is 1. The van der Waals surface area contributed by atoms with E-state index < -0.39 is 22.2 Å². The lowest BCUT2D eigenvalue weighted by Gasteiger charge is -2.28. The van der Waals surface area contributed by atoms with Crippen molar-refractivity contribution in [1.82, 2.24) is 4.72 Å². The molecule has 112 valence electrons. The Bertz CT molecular complexity index is 609. The summed E-state index contributed by atoms with van der Waals surface area (Å²) in [4.78, 5) is -0.0136. The van der Waals surface area contributed by atoms with Gasteiger partial charge in [0.05, 0.1) is 15.5 Å². The number of nitrogens with two attached hydrogens (primary N) is 1. The van der Waals surface area contributed by atoms with Crippen LogP contribution >= 0.6 is 27.5 Å². The quantitative estimate of drug-likeness (QED) is 0.698. The highest BCUT2D eigenvalue weighted by molar-refractivity contribution is 9.10. The van der Waals surface area contributed by atoms with Crippen molar-refractivity contribution < 1.29 is 13.5 Å². The molecule has 0 aliphatic heterocycles. The molecule has 0 heterocycles. The Morgan fingerprint density at radius 1 is 1.35 bits per heavy atom. The van der Waals surface area contributed by atoms with Gasteiger partial charge in [0.15, 0.2) is 0 Å². The molecule has 2 rings (SSSR count). The topological polar surface area (TPSA) is 92.4 Å². The largest absolute Gasteiger partial charge is 0.398 e. The van der Waals surface area contributed by atoms with E-state index in [1.807, 2.05) is 0 Å². The van der Waals surface area contributed by atoms with Crippen LogP contribution in [0.3, 0.4) is 0 Å². The van der Waals surface area contributed by atoms with Gasteiger partial charge in [-0.25, -0.2) is 13.1 Å². The summed E-state index contributed by atoms with van der Waals surface area (Å²) in [5.41, 5.74) is 5.96. The molecular formula is C12H16BrClN2O3S. The maximum Gasteiger partial charge on any atom is 0.242 e. The predicted octanol–water partition coefficient (Wildman–Crippen LogP) is 2.27. The van der Waals surface area contributed by atoms with E-state index in [9.17, 15) is 13.5 Å². The molecule has 2 atom stereocenters. The Morgan fingerprint density at radius 3 is 2.65 bits per heavy atom. The molecule has 1 aliphatic carbocycles. The van der Waals surface area contributed by atoms with E-state index in [1.165, 1.54) is 12.1 Å². The fourth-order valence-corrected chi connectivity index (χ4v) is 4.89. The number of anilines is 1. The summed E-state index contributed by atoms with van der Waals surface area (Å²) in [6, 6.07) is 2.33. The number of benzene rings is 1. The third kappa shape index (κ3) is 3.46. The third-order valence-electron chi connectivity index (χ3n) is 3.36. The molecule has 20 heavy (non-hydrogen) atoms. The average Bonchev–Trinajstić information content (AvgIpc) is 2.36. The Morgan fingerprint density at radius 2 is 2.00 bits per heavy atom. The van der Waals surface area contributed by atoms with Crippen molar-refractivity contribution >= 4 is 43.2 Å². The molecule has 1 aliphatic rings. The van der Waals surface area contributed by atoms with E-state index in [4.69, 9.17) is 17.3 Å². The zero-order valence-electron chi connectivity index (χ0n) is 10.6. The van der Waals surface area contributed by atoms with Crippen LogP contribution in [0.1, 0.15) is 25.7 Å². The minimum Gasteiger partial charge on any atom is -0.398 e. The minimum absolute atomic E-state index is 0.0136. The van der Waals surface area contributed by atoms with Gasteiger partial charge in [0, 0.05) is 16.8 Å². The van der Waals surface area contributed by atoms with Crippen molar-refractivity contribution in [3.8, 4) is 0 Å². The molecule has 0 aromatic heterocycles. The molecule has 0 saturated heterocycles. The molecule has 2 unspecified atom stereocenters. The monoisotopic (exact) mass is 382 g/mol. The zero-order valence-corrected chi connectivity index (χ0v) is 13.8. The molecule has 4 N–H and O–H groups in total. The van der Waals surface area contributed by atoms with Gasteiger partial charge in [-0.2, -0.15) is 0 Å².